The van der Waals surface area contributed by atoms with Crippen LogP contribution >= 0.6 is 0 Å². The number of carbonyl (C=O) groups is 1. The van der Waals surface area contributed by atoms with Crippen LogP contribution in [0.1, 0.15) is 5.56 Å². The topological polar surface area (TPSA) is 117 Å². The summed E-state index contributed by atoms with van der Waals surface area (Å²) in [4.78, 5) is 15.1. The average Bonchev–Trinajstić information content (AvgIpc) is 2.58. The number of ether oxygens (including phenoxy) is 1. The number of hydrogen-bond donors (Lipinski definition) is 3. The van der Waals surface area contributed by atoms with Crippen LogP contribution in [0.2, 0.25) is 0 Å². The van der Waals surface area contributed by atoms with Crippen molar-refractivity contribution in [3.63, 3.8) is 0 Å². The van der Waals surface area contributed by atoms with Crippen molar-refractivity contribution in [3.8, 4) is 22.6 Å². The van der Waals surface area contributed by atoms with Crippen LogP contribution in [0, 0.1) is 5.82 Å². The molecule has 0 saturated carbocycles. The van der Waals surface area contributed by atoms with E-state index in [1.807, 2.05) is 0 Å². The van der Waals surface area contributed by atoms with Crippen LogP contribution in [-0.2, 0) is 11.2 Å². The number of pyridine rings is 1. The lowest BCUT2D eigenvalue weighted by Gasteiger charge is -2.14. The Morgan fingerprint density at radius 1 is 1.04 bits per heavy atom. The molecule has 132 valence electrons. The third-order valence-electron chi connectivity index (χ3n) is 3.74. The average molecular weight is 352 g/mol. The molecule has 0 atom stereocenters. The van der Waals surface area contributed by atoms with E-state index in [0.717, 1.165) is 11.1 Å². The van der Waals surface area contributed by atoms with Crippen LogP contribution in [0.4, 0.5) is 15.9 Å². The summed E-state index contributed by atoms with van der Waals surface area (Å²) < 4.78 is 19.8. The summed E-state index contributed by atoms with van der Waals surface area (Å²) in [6.45, 7) is 0. The number of aromatic nitrogens is 1. The quantitative estimate of drug-likeness (QED) is 0.610. The lowest BCUT2D eigenvalue weighted by Crippen LogP contribution is -2.13. The molecule has 3 aromatic rings. The Kier molecular flexibility index (Phi) is 4.70. The number of rotatable bonds is 5. The fourth-order valence-electron chi connectivity index (χ4n) is 2.54. The number of nitrogens with zero attached hydrogens (tertiary/aromatic N) is 1. The second-order valence-corrected chi connectivity index (χ2v) is 5.70. The standard InChI is InChI=1S/C19H17FN4O2/c20-14-10-13(21)5-6-15(14)26-16-7-8-24-19(23)18(16)12-3-1-11(2-4-12)9-17(22)25/h1-8,10H,9,21H2,(H2,22,25)(H2,23,24). The smallest absolute Gasteiger partial charge is 0.221 e. The van der Waals surface area contributed by atoms with Crippen LogP contribution in [0.25, 0.3) is 11.1 Å². The van der Waals surface area contributed by atoms with Gasteiger partial charge in [-0.2, -0.15) is 0 Å². The first kappa shape index (κ1) is 17.2. The van der Waals surface area contributed by atoms with E-state index in [-0.39, 0.29) is 18.0 Å². The highest BCUT2D eigenvalue weighted by molar-refractivity contribution is 5.81. The van der Waals surface area contributed by atoms with Crippen molar-refractivity contribution in [1.82, 2.24) is 4.98 Å². The molecule has 1 aromatic heterocycles. The number of benzene rings is 2. The number of anilines is 2. The number of halogens is 1. The Morgan fingerprint density at radius 3 is 2.42 bits per heavy atom. The third-order valence-corrected chi connectivity index (χ3v) is 3.74. The summed E-state index contributed by atoms with van der Waals surface area (Å²) >= 11 is 0. The molecular weight excluding hydrogens is 335 g/mol. The van der Waals surface area contributed by atoms with Gasteiger partial charge in [-0.1, -0.05) is 24.3 Å². The number of nitrogen functional groups attached to an aromatic ring is 2. The van der Waals surface area contributed by atoms with Gasteiger partial charge in [0.1, 0.15) is 11.6 Å². The highest BCUT2D eigenvalue weighted by Gasteiger charge is 2.14. The molecule has 1 heterocycles. The van der Waals surface area contributed by atoms with E-state index in [2.05, 4.69) is 4.98 Å². The maximum Gasteiger partial charge on any atom is 0.221 e. The van der Waals surface area contributed by atoms with Gasteiger partial charge in [0.15, 0.2) is 11.6 Å². The van der Waals surface area contributed by atoms with Crippen molar-refractivity contribution in [2.45, 2.75) is 6.42 Å². The van der Waals surface area contributed by atoms with Crippen LogP contribution in [-0.4, -0.2) is 10.9 Å². The molecule has 6 nitrogen and oxygen atoms in total. The van der Waals surface area contributed by atoms with E-state index in [1.165, 1.54) is 18.3 Å². The van der Waals surface area contributed by atoms with Gasteiger partial charge in [-0.25, -0.2) is 9.37 Å². The minimum Gasteiger partial charge on any atom is -0.453 e. The molecule has 0 fully saturated rings. The summed E-state index contributed by atoms with van der Waals surface area (Å²) in [5.74, 6) is -0.383. The summed E-state index contributed by atoms with van der Waals surface area (Å²) in [5.41, 5.74) is 19.1. The van der Waals surface area contributed by atoms with Gasteiger partial charge in [-0.15, -0.1) is 0 Å². The zero-order chi connectivity index (χ0) is 18.7. The molecule has 1 amide bonds. The highest BCUT2D eigenvalue weighted by Crippen LogP contribution is 2.37. The van der Waals surface area contributed by atoms with Gasteiger partial charge in [-0.05, 0) is 29.3 Å². The summed E-state index contributed by atoms with van der Waals surface area (Å²) in [6.07, 6.45) is 1.62. The van der Waals surface area contributed by atoms with E-state index < -0.39 is 11.7 Å². The second kappa shape index (κ2) is 7.10. The first-order valence-electron chi connectivity index (χ1n) is 7.79. The van der Waals surface area contributed by atoms with E-state index in [1.54, 1.807) is 36.4 Å². The predicted octanol–water partition coefficient (Wildman–Crippen LogP) is 2.87. The van der Waals surface area contributed by atoms with Crippen LogP contribution in [0.15, 0.2) is 54.7 Å². The number of carbonyl (C=O) groups excluding carboxylic acids is 1. The van der Waals surface area contributed by atoms with Gasteiger partial charge >= 0.3 is 0 Å². The summed E-state index contributed by atoms with van der Waals surface area (Å²) in [5, 5.41) is 0. The van der Waals surface area contributed by atoms with Crippen molar-refractivity contribution < 1.29 is 13.9 Å². The first-order valence-corrected chi connectivity index (χ1v) is 7.79. The zero-order valence-corrected chi connectivity index (χ0v) is 13.8. The number of hydrogen-bond acceptors (Lipinski definition) is 5. The van der Waals surface area contributed by atoms with Gasteiger partial charge in [0.05, 0.1) is 12.0 Å². The van der Waals surface area contributed by atoms with Crippen LogP contribution in [0.5, 0.6) is 11.5 Å². The largest absolute Gasteiger partial charge is 0.453 e. The molecule has 0 unspecified atom stereocenters. The Labute approximate surface area is 149 Å². The van der Waals surface area contributed by atoms with Gasteiger partial charge < -0.3 is 21.9 Å². The minimum atomic E-state index is -0.580. The molecule has 6 N–H and O–H groups in total. The van der Waals surface area contributed by atoms with E-state index in [0.29, 0.717) is 17.0 Å². The summed E-state index contributed by atoms with van der Waals surface area (Å²) in [6, 6.07) is 12.8. The van der Waals surface area contributed by atoms with E-state index in [4.69, 9.17) is 21.9 Å². The molecule has 0 bridgehead atoms. The molecule has 0 saturated heterocycles. The lowest BCUT2D eigenvalue weighted by atomic mass is 10.0. The number of amides is 1. The maximum atomic E-state index is 14.0. The normalized spacial score (nSPS) is 10.5. The summed E-state index contributed by atoms with van der Waals surface area (Å²) in [7, 11) is 0. The van der Waals surface area contributed by atoms with Gasteiger partial charge in [0.25, 0.3) is 0 Å². The van der Waals surface area contributed by atoms with Gasteiger partial charge in [-0.3, -0.25) is 4.79 Å². The maximum absolute atomic E-state index is 14.0. The molecule has 0 aliphatic heterocycles. The van der Waals surface area contributed by atoms with Crippen LogP contribution < -0.4 is 21.9 Å². The highest BCUT2D eigenvalue weighted by atomic mass is 19.1. The van der Waals surface area contributed by atoms with Crippen molar-refractivity contribution >= 4 is 17.4 Å². The molecule has 3 rings (SSSR count). The SMILES string of the molecule is NC(=O)Cc1ccc(-c2c(Oc3ccc(N)cc3F)ccnc2N)cc1. The molecule has 0 radical (unpaired) electrons. The second-order valence-electron chi connectivity index (χ2n) is 5.70. The Bertz CT molecular complexity index is 958. The fraction of sp³-hybridized carbons (Fsp3) is 0.0526. The number of nitrogens with two attached hydrogens (primary N) is 3. The fourth-order valence-corrected chi connectivity index (χ4v) is 2.54. The van der Waals surface area contributed by atoms with Crippen molar-refractivity contribution in [2.75, 3.05) is 11.5 Å². The number of primary amides is 1. The molecule has 0 spiro atoms. The Balaban J connectivity index is 1.98. The van der Waals surface area contributed by atoms with E-state index >= 15 is 0 Å². The Morgan fingerprint density at radius 2 is 1.77 bits per heavy atom. The van der Waals surface area contributed by atoms with Crippen molar-refractivity contribution in [3.05, 3.63) is 66.1 Å². The zero-order valence-electron chi connectivity index (χ0n) is 13.8. The van der Waals surface area contributed by atoms with Crippen LogP contribution in [0.3, 0.4) is 0 Å². The molecule has 26 heavy (non-hydrogen) atoms. The van der Waals surface area contributed by atoms with Gasteiger partial charge in [0, 0.05) is 18.0 Å². The monoisotopic (exact) mass is 352 g/mol. The van der Waals surface area contributed by atoms with E-state index in [9.17, 15) is 9.18 Å². The van der Waals surface area contributed by atoms with Gasteiger partial charge in [0.2, 0.25) is 5.91 Å². The third kappa shape index (κ3) is 3.72. The lowest BCUT2D eigenvalue weighted by molar-refractivity contribution is -0.117. The molecule has 0 aliphatic carbocycles. The molecular formula is C19H17FN4O2. The predicted molar refractivity (Wildman–Crippen MR) is 97.9 cm³/mol. The van der Waals surface area contributed by atoms with Crippen molar-refractivity contribution in [1.29, 1.82) is 0 Å². The molecule has 0 aliphatic rings. The minimum absolute atomic E-state index is 0.0244. The Hall–Kier alpha value is -3.61. The first-order chi connectivity index (χ1) is 12.4. The molecule has 7 heteroatoms. The van der Waals surface area contributed by atoms with Crippen molar-refractivity contribution in [2.24, 2.45) is 5.73 Å². The molecule has 2 aromatic carbocycles.